The normalized spacial score (nSPS) is 21.9. The number of ether oxygens (including phenoxy) is 1. The standard InChI is InChI=1S/C16H17N5O3S2/c1-24-16(23)12-8-3-2-4-10(8)26-15(12)20-11(22)6-25-14-9-5-19-21-13(9)17-7-18-14/h5,7-8,10H,2-4,6H2,1H3,(H,20,22)(H,17,18,19,21)/t8-,10+/m0/s1. The summed E-state index contributed by atoms with van der Waals surface area (Å²) < 4.78 is 4.93. The van der Waals surface area contributed by atoms with E-state index in [1.807, 2.05) is 0 Å². The number of fused-ring (bicyclic) bond motifs is 2. The number of thioether (sulfide) groups is 2. The zero-order chi connectivity index (χ0) is 18.1. The fraction of sp³-hybridized carbons (Fsp3) is 0.438. The molecule has 1 saturated carbocycles. The van der Waals surface area contributed by atoms with Gasteiger partial charge in [-0.25, -0.2) is 14.8 Å². The number of hydrogen-bond donors (Lipinski definition) is 2. The van der Waals surface area contributed by atoms with Crippen LogP contribution in [0.25, 0.3) is 11.0 Å². The van der Waals surface area contributed by atoms with E-state index in [0.717, 1.165) is 24.6 Å². The van der Waals surface area contributed by atoms with Crippen molar-refractivity contribution in [2.24, 2.45) is 5.92 Å². The zero-order valence-electron chi connectivity index (χ0n) is 14.0. The Labute approximate surface area is 157 Å². The Kier molecular flexibility index (Phi) is 4.86. The monoisotopic (exact) mass is 391 g/mol. The molecule has 0 unspecified atom stereocenters. The maximum Gasteiger partial charge on any atom is 0.336 e. The number of nitrogens with zero attached hydrogens (tertiary/aromatic N) is 3. The maximum absolute atomic E-state index is 12.4. The first kappa shape index (κ1) is 17.3. The smallest absolute Gasteiger partial charge is 0.336 e. The number of esters is 1. The lowest BCUT2D eigenvalue weighted by atomic mass is 9.98. The van der Waals surface area contributed by atoms with E-state index in [4.69, 9.17) is 4.74 Å². The first-order valence-corrected chi connectivity index (χ1v) is 10.1. The molecule has 8 nitrogen and oxygen atoms in total. The van der Waals surface area contributed by atoms with E-state index in [9.17, 15) is 9.59 Å². The Balaban J connectivity index is 1.45. The van der Waals surface area contributed by atoms with Crippen LogP contribution in [0.15, 0.2) is 28.2 Å². The molecular weight excluding hydrogens is 374 g/mol. The van der Waals surface area contributed by atoms with Gasteiger partial charge in [0.05, 0.1) is 35.0 Å². The minimum atomic E-state index is -0.342. The van der Waals surface area contributed by atoms with Gasteiger partial charge in [-0.05, 0) is 12.8 Å². The second kappa shape index (κ2) is 7.28. The predicted molar refractivity (Wildman–Crippen MR) is 98.3 cm³/mol. The number of methoxy groups -OCH3 is 1. The van der Waals surface area contributed by atoms with Crippen LogP contribution in [0.4, 0.5) is 0 Å². The van der Waals surface area contributed by atoms with Gasteiger partial charge in [-0.2, -0.15) is 5.10 Å². The third-order valence-corrected chi connectivity index (χ3v) is 6.98. The van der Waals surface area contributed by atoms with Gasteiger partial charge in [0.15, 0.2) is 5.65 Å². The van der Waals surface area contributed by atoms with Crippen molar-refractivity contribution in [1.82, 2.24) is 25.5 Å². The van der Waals surface area contributed by atoms with Crippen LogP contribution in [0.5, 0.6) is 0 Å². The molecule has 3 heterocycles. The molecule has 0 bridgehead atoms. The van der Waals surface area contributed by atoms with Crippen LogP contribution in [0.1, 0.15) is 19.3 Å². The first-order chi connectivity index (χ1) is 12.7. The molecule has 2 aliphatic rings. The molecule has 1 fully saturated rings. The number of aromatic nitrogens is 4. The van der Waals surface area contributed by atoms with Gasteiger partial charge in [-0.3, -0.25) is 9.89 Å². The van der Waals surface area contributed by atoms with Crippen LogP contribution in [-0.2, 0) is 14.3 Å². The number of hydrogen-bond acceptors (Lipinski definition) is 8. The van der Waals surface area contributed by atoms with Crippen molar-refractivity contribution in [1.29, 1.82) is 0 Å². The average molecular weight is 391 g/mol. The van der Waals surface area contributed by atoms with Crippen LogP contribution in [0.3, 0.4) is 0 Å². The van der Waals surface area contributed by atoms with Gasteiger partial charge in [-0.1, -0.05) is 18.2 Å². The Morgan fingerprint density at radius 3 is 3.15 bits per heavy atom. The van der Waals surface area contributed by atoms with Crippen molar-refractivity contribution in [2.45, 2.75) is 29.5 Å². The van der Waals surface area contributed by atoms with Gasteiger partial charge < -0.3 is 10.1 Å². The van der Waals surface area contributed by atoms with E-state index in [1.165, 1.54) is 25.2 Å². The molecule has 2 aromatic heterocycles. The minimum Gasteiger partial charge on any atom is -0.466 e. The number of carbonyl (C=O) groups excluding carboxylic acids is 2. The Morgan fingerprint density at radius 1 is 1.42 bits per heavy atom. The highest BCUT2D eigenvalue weighted by molar-refractivity contribution is 8.04. The van der Waals surface area contributed by atoms with Crippen molar-refractivity contribution in [3.8, 4) is 0 Å². The van der Waals surface area contributed by atoms with Gasteiger partial charge in [0.25, 0.3) is 0 Å². The summed E-state index contributed by atoms with van der Waals surface area (Å²) in [5, 5.41) is 12.1. The summed E-state index contributed by atoms with van der Waals surface area (Å²) in [5.74, 6) is -0.145. The zero-order valence-corrected chi connectivity index (χ0v) is 15.7. The maximum atomic E-state index is 12.4. The topological polar surface area (TPSA) is 110 Å². The molecule has 0 spiro atoms. The lowest BCUT2D eigenvalue weighted by Gasteiger charge is -2.11. The number of nitrogens with one attached hydrogen (secondary N) is 2. The van der Waals surface area contributed by atoms with Gasteiger partial charge in [0.2, 0.25) is 5.91 Å². The van der Waals surface area contributed by atoms with Crippen LogP contribution < -0.4 is 5.32 Å². The molecule has 1 amide bonds. The molecule has 26 heavy (non-hydrogen) atoms. The van der Waals surface area contributed by atoms with Gasteiger partial charge in [-0.15, -0.1) is 11.8 Å². The molecule has 10 heteroatoms. The van der Waals surface area contributed by atoms with E-state index in [2.05, 4.69) is 25.5 Å². The summed E-state index contributed by atoms with van der Waals surface area (Å²) in [6.45, 7) is 0. The largest absolute Gasteiger partial charge is 0.466 e. The summed E-state index contributed by atoms with van der Waals surface area (Å²) in [6.07, 6.45) is 6.21. The van der Waals surface area contributed by atoms with Crippen molar-refractivity contribution in [2.75, 3.05) is 12.9 Å². The Hall–Kier alpha value is -2.07. The molecule has 1 aliphatic heterocycles. The highest BCUT2D eigenvalue weighted by Crippen LogP contribution is 2.49. The highest BCUT2D eigenvalue weighted by Gasteiger charge is 2.42. The van der Waals surface area contributed by atoms with E-state index < -0.39 is 0 Å². The third kappa shape index (κ3) is 3.18. The van der Waals surface area contributed by atoms with E-state index >= 15 is 0 Å². The van der Waals surface area contributed by atoms with Gasteiger partial charge >= 0.3 is 5.97 Å². The molecule has 136 valence electrons. The van der Waals surface area contributed by atoms with Crippen LogP contribution >= 0.6 is 23.5 Å². The van der Waals surface area contributed by atoms with Crippen LogP contribution in [0.2, 0.25) is 0 Å². The fourth-order valence-corrected chi connectivity index (χ4v) is 5.71. The number of H-pyrrole nitrogens is 1. The lowest BCUT2D eigenvalue weighted by Crippen LogP contribution is -2.25. The Bertz CT molecular complexity index is 897. The van der Waals surface area contributed by atoms with E-state index in [-0.39, 0.29) is 23.5 Å². The lowest BCUT2D eigenvalue weighted by molar-refractivity contribution is -0.136. The van der Waals surface area contributed by atoms with Crippen LogP contribution in [-0.4, -0.2) is 50.2 Å². The molecule has 4 rings (SSSR count). The minimum absolute atomic E-state index is 0.172. The third-order valence-electron chi connectivity index (χ3n) is 4.55. The van der Waals surface area contributed by atoms with Crippen molar-refractivity contribution >= 4 is 46.4 Å². The molecule has 2 N–H and O–H groups in total. The summed E-state index contributed by atoms with van der Waals surface area (Å²) >= 11 is 2.90. The highest BCUT2D eigenvalue weighted by atomic mass is 32.2. The second-order valence-corrected chi connectivity index (χ2v) is 8.29. The summed E-state index contributed by atoms with van der Waals surface area (Å²) in [4.78, 5) is 32.9. The van der Waals surface area contributed by atoms with E-state index in [0.29, 0.717) is 26.5 Å². The second-order valence-electron chi connectivity index (χ2n) is 6.08. The molecule has 2 aromatic rings. The van der Waals surface area contributed by atoms with Gasteiger partial charge in [0, 0.05) is 11.2 Å². The quantitative estimate of drug-likeness (QED) is 0.451. The van der Waals surface area contributed by atoms with Crippen molar-refractivity contribution in [3.63, 3.8) is 0 Å². The molecule has 0 aromatic carbocycles. The molecule has 0 radical (unpaired) electrons. The fourth-order valence-electron chi connectivity index (χ4n) is 3.39. The summed E-state index contributed by atoms with van der Waals surface area (Å²) in [5.41, 5.74) is 1.26. The summed E-state index contributed by atoms with van der Waals surface area (Å²) in [7, 11) is 1.38. The number of amides is 1. The van der Waals surface area contributed by atoms with Crippen LogP contribution in [0, 0.1) is 5.92 Å². The summed E-state index contributed by atoms with van der Waals surface area (Å²) in [6, 6.07) is 0. The predicted octanol–water partition coefficient (Wildman–Crippen LogP) is 1.86. The van der Waals surface area contributed by atoms with E-state index in [1.54, 1.807) is 18.0 Å². The molecule has 1 aliphatic carbocycles. The molecule has 0 saturated heterocycles. The average Bonchev–Trinajstić information content (AvgIpc) is 3.34. The molecular formula is C16H17N5O3S2. The number of aromatic amines is 1. The Morgan fingerprint density at radius 2 is 2.31 bits per heavy atom. The number of carbonyl (C=O) groups is 2. The number of rotatable bonds is 5. The molecule has 2 atom stereocenters. The SMILES string of the molecule is COC(=O)C1=C(NC(=O)CSc2ncnc3[nH]ncc23)S[C@@H]2CCC[C@H]12. The van der Waals surface area contributed by atoms with Crippen molar-refractivity contribution < 1.29 is 14.3 Å². The first-order valence-electron chi connectivity index (χ1n) is 8.23. The van der Waals surface area contributed by atoms with Gasteiger partial charge in [0.1, 0.15) is 11.4 Å². The van der Waals surface area contributed by atoms with Crippen molar-refractivity contribution in [3.05, 3.63) is 23.1 Å².